The Morgan fingerprint density at radius 3 is 3.13 bits per heavy atom. The Kier molecular flexibility index (Phi) is 3.23. The molecule has 2 rings (SSSR count). The molecular formula is C11H18N2O2. The Labute approximate surface area is 90.3 Å². The lowest BCUT2D eigenvalue weighted by Crippen LogP contribution is -2.27. The van der Waals surface area contributed by atoms with Crippen molar-refractivity contribution >= 4 is 11.8 Å². The Balaban J connectivity index is 1.88. The highest BCUT2D eigenvalue weighted by Crippen LogP contribution is 2.21. The zero-order chi connectivity index (χ0) is 10.7. The van der Waals surface area contributed by atoms with E-state index in [1.165, 1.54) is 0 Å². The maximum atomic E-state index is 11.7. The van der Waals surface area contributed by atoms with Gasteiger partial charge < -0.3 is 9.64 Å². The second-order valence-electron chi connectivity index (χ2n) is 4.16. The van der Waals surface area contributed by atoms with Gasteiger partial charge in [-0.2, -0.15) is 0 Å². The molecule has 84 valence electrons. The molecule has 1 saturated heterocycles. The van der Waals surface area contributed by atoms with Crippen LogP contribution in [-0.4, -0.2) is 42.9 Å². The number of unbranched alkanes of at least 4 members (excludes halogenated alkanes) is 1. The van der Waals surface area contributed by atoms with Crippen molar-refractivity contribution in [1.82, 2.24) is 4.90 Å². The van der Waals surface area contributed by atoms with Gasteiger partial charge in [-0.25, -0.2) is 0 Å². The van der Waals surface area contributed by atoms with Gasteiger partial charge in [0.05, 0.1) is 12.5 Å². The first-order chi connectivity index (χ1) is 7.31. The summed E-state index contributed by atoms with van der Waals surface area (Å²) in [5, 5.41) is 0. The maximum absolute atomic E-state index is 11.7. The van der Waals surface area contributed by atoms with Gasteiger partial charge in [0.2, 0.25) is 5.91 Å². The van der Waals surface area contributed by atoms with Crippen LogP contribution in [0.1, 0.15) is 26.2 Å². The molecule has 1 amide bonds. The number of hydrogen-bond donors (Lipinski definition) is 0. The zero-order valence-electron chi connectivity index (χ0n) is 9.24. The summed E-state index contributed by atoms with van der Waals surface area (Å²) < 4.78 is 5.41. The minimum absolute atomic E-state index is 0.219. The fraction of sp³-hybridized carbons (Fsp3) is 0.818. The van der Waals surface area contributed by atoms with Crippen molar-refractivity contribution in [2.75, 3.05) is 26.2 Å². The number of carbonyl (C=O) groups excluding carboxylic acids is 1. The van der Waals surface area contributed by atoms with Crippen LogP contribution in [0.15, 0.2) is 4.99 Å². The molecule has 0 saturated carbocycles. The zero-order valence-corrected chi connectivity index (χ0v) is 9.24. The molecule has 0 spiro atoms. The van der Waals surface area contributed by atoms with Crippen molar-refractivity contribution in [3.05, 3.63) is 0 Å². The molecule has 1 atom stereocenters. The van der Waals surface area contributed by atoms with Crippen molar-refractivity contribution in [3.8, 4) is 0 Å². The maximum Gasteiger partial charge on any atom is 0.223 e. The molecule has 2 aliphatic rings. The summed E-state index contributed by atoms with van der Waals surface area (Å²) in [6.07, 6.45) is 2.81. The predicted octanol–water partition coefficient (Wildman–Crippen LogP) is 1.06. The molecule has 4 nitrogen and oxygen atoms in total. The Morgan fingerprint density at radius 1 is 1.60 bits per heavy atom. The van der Waals surface area contributed by atoms with Crippen molar-refractivity contribution in [2.45, 2.75) is 26.2 Å². The molecule has 15 heavy (non-hydrogen) atoms. The Bertz CT molecular complexity index is 276. The van der Waals surface area contributed by atoms with Gasteiger partial charge in [0.15, 0.2) is 5.90 Å². The van der Waals surface area contributed by atoms with E-state index in [1.807, 2.05) is 4.90 Å². The predicted molar refractivity (Wildman–Crippen MR) is 57.8 cm³/mol. The summed E-state index contributed by atoms with van der Waals surface area (Å²) in [6, 6.07) is 0. The average molecular weight is 210 g/mol. The molecule has 2 heterocycles. The minimum Gasteiger partial charge on any atom is -0.479 e. The van der Waals surface area contributed by atoms with Crippen LogP contribution in [0, 0.1) is 5.92 Å². The van der Waals surface area contributed by atoms with Crippen LogP contribution in [0.3, 0.4) is 0 Å². The molecule has 4 heteroatoms. The van der Waals surface area contributed by atoms with Gasteiger partial charge in [-0.15, -0.1) is 0 Å². The lowest BCUT2D eigenvalue weighted by atomic mass is 10.1. The van der Waals surface area contributed by atoms with Crippen LogP contribution in [0.4, 0.5) is 0 Å². The second kappa shape index (κ2) is 4.64. The van der Waals surface area contributed by atoms with Gasteiger partial charge in [0, 0.05) is 19.5 Å². The largest absolute Gasteiger partial charge is 0.479 e. The lowest BCUT2D eigenvalue weighted by Gasteiger charge is -2.15. The van der Waals surface area contributed by atoms with Crippen LogP contribution < -0.4 is 0 Å². The summed E-state index contributed by atoms with van der Waals surface area (Å²) in [4.78, 5) is 17.9. The molecule has 0 aromatic carbocycles. The van der Waals surface area contributed by atoms with E-state index in [4.69, 9.17) is 4.74 Å². The van der Waals surface area contributed by atoms with E-state index in [1.54, 1.807) is 0 Å². The van der Waals surface area contributed by atoms with Gasteiger partial charge >= 0.3 is 0 Å². The lowest BCUT2D eigenvalue weighted by molar-refractivity contribution is -0.127. The van der Waals surface area contributed by atoms with Crippen LogP contribution in [0.25, 0.3) is 0 Å². The third-order valence-corrected chi connectivity index (χ3v) is 2.95. The molecule has 0 bridgehead atoms. The monoisotopic (exact) mass is 210 g/mol. The van der Waals surface area contributed by atoms with Crippen LogP contribution in [0.2, 0.25) is 0 Å². The molecular weight excluding hydrogens is 192 g/mol. The third-order valence-electron chi connectivity index (χ3n) is 2.95. The summed E-state index contributed by atoms with van der Waals surface area (Å²) in [5.41, 5.74) is 0. The van der Waals surface area contributed by atoms with E-state index in [2.05, 4.69) is 11.9 Å². The number of aliphatic imine (C=N–C) groups is 1. The highest BCUT2D eigenvalue weighted by Gasteiger charge is 2.34. The molecule has 0 aromatic heterocycles. The van der Waals surface area contributed by atoms with Crippen LogP contribution in [0.5, 0.6) is 0 Å². The Hall–Kier alpha value is -1.06. The summed E-state index contributed by atoms with van der Waals surface area (Å²) >= 11 is 0. The van der Waals surface area contributed by atoms with Crippen LogP contribution >= 0.6 is 0 Å². The molecule has 0 aromatic rings. The molecule has 0 N–H and O–H groups in total. The fourth-order valence-electron chi connectivity index (χ4n) is 2.10. The van der Waals surface area contributed by atoms with E-state index in [0.29, 0.717) is 13.0 Å². The van der Waals surface area contributed by atoms with Crippen molar-refractivity contribution in [2.24, 2.45) is 10.9 Å². The highest BCUT2D eigenvalue weighted by molar-refractivity contribution is 5.89. The van der Waals surface area contributed by atoms with Gasteiger partial charge in [0.1, 0.15) is 6.61 Å². The SMILES string of the molecule is CCCCN1CC(C2=NCCO2)CC1=O. The molecule has 0 radical (unpaired) electrons. The first-order valence-corrected chi connectivity index (χ1v) is 5.76. The Morgan fingerprint density at radius 2 is 2.47 bits per heavy atom. The number of ether oxygens (including phenoxy) is 1. The second-order valence-corrected chi connectivity index (χ2v) is 4.16. The summed E-state index contributed by atoms with van der Waals surface area (Å²) in [7, 11) is 0. The number of rotatable bonds is 4. The average Bonchev–Trinajstić information content (AvgIpc) is 2.83. The minimum atomic E-state index is 0.219. The topological polar surface area (TPSA) is 41.9 Å². The number of hydrogen-bond acceptors (Lipinski definition) is 3. The number of nitrogens with zero attached hydrogens (tertiary/aromatic N) is 2. The van der Waals surface area contributed by atoms with E-state index in [-0.39, 0.29) is 11.8 Å². The van der Waals surface area contributed by atoms with E-state index < -0.39 is 0 Å². The van der Waals surface area contributed by atoms with E-state index in [0.717, 1.165) is 38.4 Å². The number of amides is 1. The van der Waals surface area contributed by atoms with Crippen molar-refractivity contribution in [3.63, 3.8) is 0 Å². The van der Waals surface area contributed by atoms with Gasteiger partial charge in [-0.05, 0) is 6.42 Å². The van der Waals surface area contributed by atoms with Crippen LogP contribution in [-0.2, 0) is 9.53 Å². The normalized spacial score (nSPS) is 25.7. The molecule has 0 aliphatic carbocycles. The van der Waals surface area contributed by atoms with Crippen molar-refractivity contribution < 1.29 is 9.53 Å². The first kappa shape index (κ1) is 10.5. The quantitative estimate of drug-likeness (QED) is 0.696. The molecule has 1 unspecified atom stereocenters. The molecule has 1 fully saturated rings. The standard InChI is InChI=1S/C11H18N2O2/c1-2-3-5-13-8-9(7-10(13)14)11-12-4-6-15-11/h9H,2-8H2,1H3. The first-order valence-electron chi connectivity index (χ1n) is 5.76. The summed E-state index contributed by atoms with van der Waals surface area (Å²) in [5.74, 6) is 1.28. The van der Waals surface area contributed by atoms with E-state index >= 15 is 0 Å². The number of carbonyl (C=O) groups is 1. The smallest absolute Gasteiger partial charge is 0.223 e. The molecule has 2 aliphatic heterocycles. The highest BCUT2D eigenvalue weighted by atomic mass is 16.5. The van der Waals surface area contributed by atoms with Gasteiger partial charge in [-0.1, -0.05) is 13.3 Å². The number of likely N-dealkylation sites (tertiary alicyclic amines) is 1. The van der Waals surface area contributed by atoms with Gasteiger partial charge in [0.25, 0.3) is 0 Å². The fourth-order valence-corrected chi connectivity index (χ4v) is 2.10. The van der Waals surface area contributed by atoms with E-state index in [9.17, 15) is 4.79 Å². The third kappa shape index (κ3) is 2.30. The summed E-state index contributed by atoms with van der Waals surface area (Å²) in [6.45, 7) is 5.28. The van der Waals surface area contributed by atoms with Gasteiger partial charge in [-0.3, -0.25) is 9.79 Å². The van der Waals surface area contributed by atoms with Crippen molar-refractivity contribution in [1.29, 1.82) is 0 Å².